The predicted molar refractivity (Wildman–Crippen MR) is 58.1 cm³/mol. The van der Waals surface area contributed by atoms with E-state index in [0.29, 0.717) is 0 Å². The van der Waals surface area contributed by atoms with Crippen molar-refractivity contribution in [2.45, 2.75) is 13.3 Å². The Morgan fingerprint density at radius 3 is 2.42 bits per heavy atom. The van der Waals surface area contributed by atoms with Gasteiger partial charge in [0.1, 0.15) is 0 Å². The average molecular weight is 146 g/mol. The van der Waals surface area contributed by atoms with Crippen molar-refractivity contribution in [2.24, 2.45) is 0 Å². The third-order valence-corrected chi connectivity index (χ3v) is 2.07. The molecule has 0 nitrogen and oxygen atoms in total. The second-order valence-electron chi connectivity index (χ2n) is 2.75. The Labute approximate surface area is 97.8 Å². The minimum absolute atomic E-state index is 0. The molecular weight excluding hydrogens is 134 g/mol. The maximum absolute atomic E-state index is 2.28. The Balaban J connectivity index is 0.000000605. The minimum atomic E-state index is 0. The van der Waals surface area contributed by atoms with Crippen LogP contribution in [-0.4, -0.2) is 37.7 Å². The topological polar surface area (TPSA) is 0 Å². The second kappa shape index (κ2) is 5.01. The summed E-state index contributed by atoms with van der Waals surface area (Å²) >= 11 is 0. The molecule has 0 heterocycles. The van der Waals surface area contributed by atoms with Crippen molar-refractivity contribution in [3.63, 3.8) is 0 Å². The number of hydrogen-bond donors (Lipinski definition) is 0. The molecule has 0 spiro atoms. The van der Waals surface area contributed by atoms with Crippen molar-refractivity contribution in [3.8, 4) is 0 Å². The van der Waals surface area contributed by atoms with E-state index in [1.807, 2.05) is 0 Å². The summed E-state index contributed by atoms with van der Waals surface area (Å²) in [5.41, 5.74) is 4.33. The first-order chi connectivity index (χ1) is 4.88. The number of benzene rings is 1. The first kappa shape index (κ1) is 12.2. The van der Waals surface area contributed by atoms with Gasteiger partial charge in [0.05, 0.1) is 0 Å². The zero-order chi connectivity index (χ0) is 6.97. The van der Waals surface area contributed by atoms with Crippen LogP contribution in [0, 0.1) is 0 Å². The summed E-state index contributed by atoms with van der Waals surface area (Å²) in [5, 5.41) is 0. The predicted octanol–water partition coefficient (Wildman–Crippen LogP) is 1.35. The number of allylic oxidation sites excluding steroid dienone is 2. The molecule has 0 fully saturated rings. The van der Waals surface area contributed by atoms with Gasteiger partial charge in [0.2, 0.25) is 0 Å². The molecule has 0 amide bonds. The Morgan fingerprint density at radius 2 is 1.75 bits per heavy atom. The van der Waals surface area contributed by atoms with Gasteiger partial charge in [0, 0.05) is 0 Å². The van der Waals surface area contributed by atoms with Gasteiger partial charge in [-0.2, -0.15) is 0 Å². The van der Waals surface area contributed by atoms with Gasteiger partial charge < -0.3 is 0 Å². The van der Waals surface area contributed by atoms with E-state index in [-0.39, 0.29) is 37.7 Å². The van der Waals surface area contributed by atoms with Crippen LogP contribution in [0.2, 0.25) is 0 Å². The van der Waals surface area contributed by atoms with Crippen LogP contribution in [0.4, 0.5) is 0 Å². The molecular formula is C10H12Li2. The first-order valence-corrected chi connectivity index (χ1v) is 3.63. The third kappa shape index (κ3) is 2.10. The van der Waals surface area contributed by atoms with Crippen LogP contribution < -0.4 is 0 Å². The fourth-order valence-corrected chi connectivity index (χ4v) is 1.46. The van der Waals surface area contributed by atoms with E-state index in [2.05, 4.69) is 37.3 Å². The van der Waals surface area contributed by atoms with Crippen LogP contribution >= 0.6 is 0 Å². The standard InChI is InChI=1S/C10H10.2Li.2H/c1-8-6-7-9-4-2-3-5-10(8)9;;;;/h2-6H,7H2,1H3;;;;. The van der Waals surface area contributed by atoms with E-state index in [1.165, 1.54) is 16.7 Å². The molecule has 0 aliphatic heterocycles. The van der Waals surface area contributed by atoms with Crippen LogP contribution in [-0.2, 0) is 6.42 Å². The number of fused-ring (bicyclic) bond motifs is 1. The summed E-state index contributed by atoms with van der Waals surface area (Å²) in [6, 6.07) is 8.59. The molecule has 0 atom stereocenters. The van der Waals surface area contributed by atoms with Crippen LogP contribution in [0.15, 0.2) is 30.3 Å². The van der Waals surface area contributed by atoms with Gasteiger partial charge in [-0.3, -0.25) is 0 Å². The molecule has 54 valence electrons. The fourth-order valence-electron chi connectivity index (χ4n) is 1.46. The average Bonchev–Trinajstić information content (AvgIpc) is 2.34. The molecule has 1 aliphatic rings. The SMILES string of the molecule is CC1=CCc2ccccc21.[LiH].[LiH]. The van der Waals surface area contributed by atoms with Crippen molar-refractivity contribution >= 4 is 43.3 Å². The molecule has 2 heteroatoms. The fraction of sp³-hybridized carbons (Fsp3) is 0.200. The van der Waals surface area contributed by atoms with Gasteiger partial charge in [-0.05, 0) is 30.0 Å². The molecule has 0 unspecified atom stereocenters. The van der Waals surface area contributed by atoms with Crippen molar-refractivity contribution in [1.82, 2.24) is 0 Å². The number of hydrogen-bond acceptors (Lipinski definition) is 0. The van der Waals surface area contributed by atoms with Gasteiger partial charge >= 0.3 is 37.7 Å². The van der Waals surface area contributed by atoms with E-state index in [1.54, 1.807) is 0 Å². The van der Waals surface area contributed by atoms with Crippen LogP contribution in [0.25, 0.3) is 5.57 Å². The molecule has 0 radical (unpaired) electrons. The van der Waals surface area contributed by atoms with Crippen LogP contribution in [0.1, 0.15) is 18.1 Å². The van der Waals surface area contributed by atoms with E-state index < -0.39 is 0 Å². The van der Waals surface area contributed by atoms with Crippen LogP contribution in [0.5, 0.6) is 0 Å². The Hall–Kier alpha value is 0.155. The molecule has 0 N–H and O–H groups in total. The van der Waals surface area contributed by atoms with Gasteiger partial charge in [-0.25, -0.2) is 0 Å². The van der Waals surface area contributed by atoms with Gasteiger partial charge in [-0.1, -0.05) is 30.3 Å². The Bertz CT molecular complexity index is 290. The van der Waals surface area contributed by atoms with E-state index in [0.717, 1.165) is 6.42 Å². The summed E-state index contributed by atoms with van der Waals surface area (Å²) in [6.45, 7) is 2.17. The van der Waals surface area contributed by atoms with E-state index in [4.69, 9.17) is 0 Å². The summed E-state index contributed by atoms with van der Waals surface area (Å²) in [5.74, 6) is 0. The summed E-state index contributed by atoms with van der Waals surface area (Å²) in [7, 11) is 0. The molecule has 0 saturated carbocycles. The molecule has 12 heavy (non-hydrogen) atoms. The Kier molecular flexibility index (Phi) is 5.07. The van der Waals surface area contributed by atoms with Crippen molar-refractivity contribution in [1.29, 1.82) is 0 Å². The van der Waals surface area contributed by atoms with E-state index in [9.17, 15) is 0 Å². The summed E-state index contributed by atoms with van der Waals surface area (Å²) in [6.07, 6.45) is 3.41. The van der Waals surface area contributed by atoms with Gasteiger partial charge in [-0.15, -0.1) is 0 Å². The molecule has 1 aromatic rings. The van der Waals surface area contributed by atoms with E-state index >= 15 is 0 Å². The van der Waals surface area contributed by atoms with Crippen molar-refractivity contribution in [2.75, 3.05) is 0 Å². The molecule has 1 aromatic carbocycles. The maximum atomic E-state index is 2.28. The van der Waals surface area contributed by atoms with Crippen molar-refractivity contribution in [3.05, 3.63) is 41.5 Å². The van der Waals surface area contributed by atoms with Crippen molar-refractivity contribution < 1.29 is 0 Å². The normalized spacial score (nSPS) is 12.2. The second-order valence-corrected chi connectivity index (χ2v) is 2.75. The summed E-state index contributed by atoms with van der Waals surface area (Å²) < 4.78 is 0. The van der Waals surface area contributed by atoms with Gasteiger partial charge in [0.15, 0.2) is 0 Å². The monoisotopic (exact) mass is 146 g/mol. The molecule has 0 aromatic heterocycles. The van der Waals surface area contributed by atoms with Gasteiger partial charge in [0.25, 0.3) is 0 Å². The first-order valence-electron chi connectivity index (χ1n) is 3.63. The molecule has 0 bridgehead atoms. The zero-order valence-electron chi connectivity index (χ0n) is 6.09. The molecule has 2 rings (SSSR count). The summed E-state index contributed by atoms with van der Waals surface area (Å²) in [4.78, 5) is 0. The quantitative estimate of drug-likeness (QED) is 0.484. The number of rotatable bonds is 0. The van der Waals surface area contributed by atoms with Crippen LogP contribution in [0.3, 0.4) is 0 Å². The zero-order valence-corrected chi connectivity index (χ0v) is 6.09. The molecule has 1 aliphatic carbocycles. The molecule has 0 saturated heterocycles. The Morgan fingerprint density at radius 1 is 1.08 bits per heavy atom. The third-order valence-electron chi connectivity index (χ3n) is 2.07.